The van der Waals surface area contributed by atoms with Gasteiger partial charge >= 0.3 is 0 Å². The topological polar surface area (TPSA) is 0 Å². The lowest BCUT2D eigenvalue weighted by atomic mass is 10.5. The Balaban J connectivity index is 0.000000360. The third-order valence-electron chi connectivity index (χ3n) is 0.614. The van der Waals surface area contributed by atoms with Crippen LogP contribution in [0.5, 0.6) is 0 Å². The fourth-order valence-corrected chi connectivity index (χ4v) is 0.881. The standard InChI is InChI=1S/C5H6S.HI/c1-2-4-6-5-3-1;/h1-4H,5H2;1H. The number of hydrogen-bond donors (Lipinski definition) is 0. The molecule has 0 radical (unpaired) electrons. The fraction of sp³-hybridized carbons (Fsp3) is 0.200. The molecule has 0 fully saturated rings. The van der Waals surface area contributed by atoms with Gasteiger partial charge in [0.25, 0.3) is 0 Å². The maximum absolute atomic E-state index is 2.14. The molecule has 0 unspecified atom stereocenters. The van der Waals surface area contributed by atoms with Gasteiger partial charge in [-0.05, 0) is 5.41 Å². The molecule has 2 heteroatoms. The molecule has 0 nitrogen and oxygen atoms in total. The second-order valence-corrected chi connectivity index (χ2v) is 2.03. The van der Waals surface area contributed by atoms with Gasteiger partial charge in [0, 0.05) is 5.75 Å². The predicted molar refractivity (Wildman–Crippen MR) is 46.2 cm³/mol. The molecule has 0 bridgehead atoms. The summed E-state index contributed by atoms with van der Waals surface area (Å²) in [5.41, 5.74) is 0. The average Bonchev–Trinajstić information content (AvgIpc) is 1.72. The van der Waals surface area contributed by atoms with Crippen LogP contribution in [0.2, 0.25) is 0 Å². The van der Waals surface area contributed by atoms with Crippen molar-refractivity contribution in [1.82, 2.24) is 0 Å². The average molecular weight is 226 g/mol. The maximum atomic E-state index is 2.14. The molecule has 1 aliphatic rings. The Kier molecular flexibility index (Phi) is 5.09. The second kappa shape index (κ2) is 4.71. The number of rotatable bonds is 0. The van der Waals surface area contributed by atoms with Crippen LogP contribution in [-0.4, -0.2) is 5.75 Å². The van der Waals surface area contributed by atoms with E-state index >= 15 is 0 Å². The SMILES string of the molecule is C1=CCSC=C1.I. The van der Waals surface area contributed by atoms with Crippen molar-refractivity contribution in [3.8, 4) is 0 Å². The van der Waals surface area contributed by atoms with Crippen LogP contribution in [0.25, 0.3) is 0 Å². The third-order valence-corrected chi connectivity index (χ3v) is 1.35. The molecular weight excluding hydrogens is 219 g/mol. The molecule has 0 aromatic heterocycles. The molecule has 40 valence electrons. The van der Waals surface area contributed by atoms with E-state index in [-0.39, 0.29) is 24.0 Å². The molecule has 0 spiro atoms. The fourth-order valence-electron chi connectivity index (χ4n) is 0.346. The summed E-state index contributed by atoms with van der Waals surface area (Å²) in [4.78, 5) is 0. The summed E-state index contributed by atoms with van der Waals surface area (Å²) in [7, 11) is 0. The van der Waals surface area contributed by atoms with Gasteiger partial charge in [-0.3, -0.25) is 0 Å². The van der Waals surface area contributed by atoms with Gasteiger partial charge in [0.15, 0.2) is 0 Å². The van der Waals surface area contributed by atoms with Crippen molar-refractivity contribution in [3.63, 3.8) is 0 Å². The van der Waals surface area contributed by atoms with E-state index in [4.69, 9.17) is 0 Å². The van der Waals surface area contributed by atoms with Crippen LogP contribution >= 0.6 is 35.7 Å². The second-order valence-electron chi connectivity index (χ2n) is 1.09. The minimum absolute atomic E-state index is 0. The molecule has 7 heavy (non-hydrogen) atoms. The highest BCUT2D eigenvalue weighted by Gasteiger charge is 1.77. The summed E-state index contributed by atoms with van der Waals surface area (Å²) < 4.78 is 0. The Morgan fingerprint density at radius 3 is 2.29 bits per heavy atom. The molecule has 0 saturated heterocycles. The van der Waals surface area contributed by atoms with E-state index in [1.54, 1.807) is 0 Å². The first-order valence-electron chi connectivity index (χ1n) is 1.93. The Labute approximate surface area is 65.1 Å². The monoisotopic (exact) mass is 226 g/mol. The highest BCUT2D eigenvalue weighted by atomic mass is 127. The number of allylic oxidation sites excluding steroid dienone is 2. The van der Waals surface area contributed by atoms with Crippen LogP contribution in [-0.2, 0) is 0 Å². The van der Waals surface area contributed by atoms with Gasteiger partial charge in [-0.15, -0.1) is 35.7 Å². The van der Waals surface area contributed by atoms with Crippen LogP contribution < -0.4 is 0 Å². The van der Waals surface area contributed by atoms with Crippen molar-refractivity contribution >= 4 is 35.7 Å². The zero-order chi connectivity index (χ0) is 4.24. The highest BCUT2D eigenvalue weighted by Crippen LogP contribution is 2.05. The normalized spacial score (nSPS) is 16.0. The van der Waals surface area contributed by atoms with E-state index in [1.165, 1.54) is 0 Å². The summed E-state index contributed by atoms with van der Waals surface area (Å²) >= 11 is 1.83. The van der Waals surface area contributed by atoms with Gasteiger partial charge in [0.2, 0.25) is 0 Å². The highest BCUT2D eigenvalue weighted by molar-refractivity contribution is 14.0. The maximum Gasteiger partial charge on any atom is 0.0157 e. The Morgan fingerprint density at radius 2 is 2.14 bits per heavy atom. The van der Waals surface area contributed by atoms with E-state index in [1.807, 2.05) is 17.8 Å². The molecule has 0 atom stereocenters. The van der Waals surface area contributed by atoms with Crippen molar-refractivity contribution in [1.29, 1.82) is 0 Å². The van der Waals surface area contributed by atoms with Crippen molar-refractivity contribution < 1.29 is 0 Å². The zero-order valence-electron chi connectivity index (χ0n) is 3.83. The lowest BCUT2D eigenvalue weighted by molar-refractivity contribution is 1.74. The number of halogens is 1. The van der Waals surface area contributed by atoms with Crippen LogP contribution in [0, 0.1) is 0 Å². The largest absolute Gasteiger partial charge is 0.130 e. The summed E-state index contributed by atoms with van der Waals surface area (Å²) in [6.45, 7) is 0. The van der Waals surface area contributed by atoms with Gasteiger partial charge < -0.3 is 0 Å². The number of hydrogen-bond acceptors (Lipinski definition) is 1. The molecule has 1 aliphatic heterocycles. The Bertz CT molecular complexity index is 74.1. The van der Waals surface area contributed by atoms with Crippen LogP contribution in [0.4, 0.5) is 0 Å². The zero-order valence-corrected chi connectivity index (χ0v) is 6.98. The van der Waals surface area contributed by atoms with Crippen molar-refractivity contribution in [3.05, 3.63) is 23.6 Å². The molecule has 0 aliphatic carbocycles. The van der Waals surface area contributed by atoms with Crippen molar-refractivity contribution in [2.45, 2.75) is 0 Å². The molecular formula is C5H7IS. The van der Waals surface area contributed by atoms with E-state index in [0.29, 0.717) is 0 Å². The van der Waals surface area contributed by atoms with Gasteiger partial charge in [0.05, 0.1) is 0 Å². The first kappa shape index (κ1) is 7.56. The number of thioether (sulfide) groups is 1. The van der Waals surface area contributed by atoms with Gasteiger partial charge in [0.1, 0.15) is 0 Å². The minimum atomic E-state index is 0. The van der Waals surface area contributed by atoms with E-state index in [9.17, 15) is 0 Å². The first-order valence-corrected chi connectivity index (χ1v) is 2.98. The van der Waals surface area contributed by atoms with Gasteiger partial charge in [-0.25, -0.2) is 0 Å². The van der Waals surface area contributed by atoms with Crippen LogP contribution in [0.15, 0.2) is 23.6 Å². The van der Waals surface area contributed by atoms with Crippen molar-refractivity contribution in [2.75, 3.05) is 5.75 Å². The van der Waals surface area contributed by atoms with Crippen LogP contribution in [0.3, 0.4) is 0 Å². The minimum Gasteiger partial charge on any atom is -0.130 e. The summed E-state index contributed by atoms with van der Waals surface area (Å²) in [6, 6.07) is 0. The smallest absolute Gasteiger partial charge is 0.0157 e. The Morgan fingerprint density at radius 1 is 1.29 bits per heavy atom. The molecule has 0 amide bonds. The molecule has 0 N–H and O–H groups in total. The molecule has 0 aromatic rings. The lowest BCUT2D eigenvalue weighted by Crippen LogP contribution is -1.67. The van der Waals surface area contributed by atoms with E-state index < -0.39 is 0 Å². The first-order chi connectivity index (χ1) is 3.00. The van der Waals surface area contributed by atoms with Gasteiger partial charge in [-0.2, -0.15) is 0 Å². The summed E-state index contributed by atoms with van der Waals surface area (Å²) in [5.74, 6) is 1.15. The van der Waals surface area contributed by atoms with E-state index in [0.717, 1.165) is 5.75 Å². The van der Waals surface area contributed by atoms with Crippen molar-refractivity contribution in [2.24, 2.45) is 0 Å². The molecule has 1 heterocycles. The van der Waals surface area contributed by atoms with Gasteiger partial charge in [-0.1, -0.05) is 18.2 Å². The molecule has 1 rings (SSSR count). The molecule has 0 aromatic carbocycles. The third kappa shape index (κ3) is 3.17. The van der Waals surface area contributed by atoms with Crippen LogP contribution in [0.1, 0.15) is 0 Å². The summed E-state index contributed by atoms with van der Waals surface area (Å²) in [6.07, 6.45) is 6.26. The quantitative estimate of drug-likeness (QED) is 0.571. The lowest BCUT2D eigenvalue weighted by Gasteiger charge is -1.88. The Hall–Kier alpha value is 0.560. The van der Waals surface area contributed by atoms with E-state index in [2.05, 4.69) is 17.6 Å². The molecule has 0 saturated carbocycles. The predicted octanol–water partition coefficient (Wildman–Crippen LogP) is 2.42. The summed E-state index contributed by atoms with van der Waals surface area (Å²) in [5, 5.41) is 2.10.